The number of aromatic amines is 1. The van der Waals surface area contributed by atoms with Gasteiger partial charge in [-0.1, -0.05) is 55.0 Å². The van der Waals surface area contributed by atoms with Crippen molar-refractivity contribution in [3.05, 3.63) is 95.1 Å². The van der Waals surface area contributed by atoms with Crippen LogP contribution in [-0.4, -0.2) is 46.7 Å². The summed E-state index contributed by atoms with van der Waals surface area (Å²) in [5.74, 6) is -0.150. The molecule has 0 radical (unpaired) electrons. The van der Waals surface area contributed by atoms with E-state index >= 15 is 0 Å². The van der Waals surface area contributed by atoms with Crippen LogP contribution in [0.25, 0.3) is 10.9 Å². The van der Waals surface area contributed by atoms with E-state index in [0.29, 0.717) is 22.4 Å². The normalized spacial score (nSPS) is 14.4. The van der Waals surface area contributed by atoms with E-state index in [-0.39, 0.29) is 24.2 Å². The number of aliphatic imine (C=N–C) groups is 1. The highest BCUT2D eigenvalue weighted by molar-refractivity contribution is 6.22. The smallest absolute Gasteiger partial charge is 0.251 e. The number of aromatic hydroxyl groups is 1. The molecule has 2 heterocycles. The number of hydrogen-bond acceptors (Lipinski definition) is 4. The highest BCUT2D eigenvalue weighted by Crippen LogP contribution is 2.32. The second-order valence-electron chi connectivity index (χ2n) is 9.02. The Bertz CT molecular complexity index is 1360. The predicted molar refractivity (Wildman–Crippen MR) is 148 cm³/mol. The monoisotopic (exact) mass is 502 g/mol. The number of carbonyl (C=O) groups excluding carboxylic acids is 1. The first-order valence-corrected chi connectivity index (χ1v) is 12.1. The number of H-pyrrole nitrogens is 1. The molecule has 186 valence electrons. The Hall–Kier alpha value is -3.61. The summed E-state index contributed by atoms with van der Waals surface area (Å²) in [6.07, 6.45) is 3.89. The summed E-state index contributed by atoms with van der Waals surface area (Å²) >= 11 is 0. The summed E-state index contributed by atoms with van der Waals surface area (Å²) in [5.41, 5.74) is 5.49. The second-order valence-corrected chi connectivity index (χ2v) is 9.02. The molecule has 1 saturated heterocycles. The Morgan fingerprint density at radius 2 is 1.69 bits per heavy atom. The first kappa shape index (κ1) is 25.5. The number of nitrogens with one attached hydrogen (secondary N) is 2. The van der Waals surface area contributed by atoms with Crippen molar-refractivity contribution >= 4 is 40.6 Å². The minimum absolute atomic E-state index is 0. The van der Waals surface area contributed by atoms with Crippen molar-refractivity contribution in [1.29, 1.82) is 0 Å². The van der Waals surface area contributed by atoms with Crippen LogP contribution in [0.1, 0.15) is 46.3 Å². The number of rotatable bonds is 6. The molecule has 1 aromatic heterocycles. The Kier molecular flexibility index (Phi) is 8.08. The number of nitrogens with zero attached hydrogens (tertiary/aromatic N) is 2. The molecule has 0 spiro atoms. The van der Waals surface area contributed by atoms with Gasteiger partial charge in [0.05, 0.1) is 17.0 Å². The van der Waals surface area contributed by atoms with Crippen molar-refractivity contribution in [3.8, 4) is 5.88 Å². The molecule has 1 aliphatic heterocycles. The Balaban J connectivity index is 0.00000304. The summed E-state index contributed by atoms with van der Waals surface area (Å²) in [6.45, 7) is 3.30. The molecule has 3 N–H and O–H groups in total. The summed E-state index contributed by atoms with van der Waals surface area (Å²) < 4.78 is 0. The summed E-state index contributed by atoms with van der Waals surface area (Å²) in [6, 6.07) is 23.6. The van der Waals surface area contributed by atoms with Crippen LogP contribution in [-0.2, 0) is 6.54 Å². The van der Waals surface area contributed by atoms with E-state index in [1.54, 1.807) is 19.2 Å². The molecule has 0 atom stereocenters. The van der Waals surface area contributed by atoms with Gasteiger partial charge >= 0.3 is 0 Å². The number of halogens is 1. The van der Waals surface area contributed by atoms with Crippen molar-refractivity contribution in [2.75, 3.05) is 20.1 Å². The number of amides is 1. The number of carbonyl (C=O) groups is 1. The number of piperidine rings is 1. The van der Waals surface area contributed by atoms with Crippen LogP contribution in [0.4, 0.5) is 5.69 Å². The van der Waals surface area contributed by atoms with E-state index in [1.807, 2.05) is 48.5 Å². The molecule has 4 aromatic rings. The Morgan fingerprint density at radius 3 is 2.39 bits per heavy atom. The van der Waals surface area contributed by atoms with E-state index in [4.69, 9.17) is 4.99 Å². The van der Waals surface area contributed by atoms with E-state index in [1.165, 1.54) is 37.9 Å². The SMILES string of the molecule is CNC(=O)c1ccc2c(C(=Nc3ccc(CN4CCCCC4)cc3)c3ccccc3)c(O)[nH]c2c1.Cl. The molecule has 6 nitrogen and oxygen atoms in total. The zero-order valence-corrected chi connectivity index (χ0v) is 21.1. The summed E-state index contributed by atoms with van der Waals surface area (Å²) in [4.78, 5) is 22.6. The topological polar surface area (TPSA) is 80.7 Å². The van der Waals surface area contributed by atoms with Gasteiger partial charge in [0.15, 0.2) is 5.88 Å². The number of likely N-dealkylation sites (tertiary alicyclic amines) is 1. The van der Waals surface area contributed by atoms with Crippen molar-refractivity contribution in [3.63, 3.8) is 0 Å². The largest absolute Gasteiger partial charge is 0.494 e. The zero-order valence-electron chi connectivity index (χ0n) is 20.3. The van der Waals surface area contributed by atoms with E-state index in [0.717, 1.165) is 23.2 Å². The average molecular weight is 503 g/mol. The minimum atomic E-state index is -0.177. The Morgan fingerprint density at radius 1 is 0.972 bits per heavy atom. The molecule has 1 amide bonds. The molecule has 1 aliphatic rings. The first-order chi connectivity index (χ1) is 17.1. The molecule has 0 bridgehead atoms. The maximum Gasteiger partial charge on any atom is 0.251 e. The van der Waals surface area contributed by atoms with Gasteiger partial charge in [0.1, 0.15) is 0 Å². The van der Waals surface area contributed by atoms with Crippen LogP contribution in [0.2, 0.25) is 0 Å². The van der Waals surface area contributed by atoms with Gasteiger partial charge in [-0.15, -0.1) is 12.4 Å². The fraction of sp³-hybridized carbons (Fsp3) is 0.241. The molecule has 36 heavy (non-hydrogen) atoms. The van der Waals surface area contributed by atoms with Gasteiger partial charge < -0.3 is 15.4 Å². The third-order valence-corrected chi connectivity index (χ3v) is 6.58. The quantitative estimate of drug-likeness (QED) is 0.291. The van der Waals surface area contributed by atoms with E-state index in [2.05, 4.69) is 27.3 Å². The predicted octanol–water partition coefficient (Wildman–Crippen LogP) is 5.81. The van der Waals surface area contributed by atoms with Crippen LogP contribution in [0.15, 0.2) is 77.8 Å². The van der Waals surface area contributed by atoms with E-state index < -0.39 is 0 Å². The van der Waals surface area contributed by atoms with Crippen molar-refractivity contribution in [2.24, 2.45) is 4.99 Å². The number of benzene rings is 3. The van der Waals surface area contributed by atoms with Crippen molar-refractivity contribution in [1.82, 2.24) is 15.2 Å². The molecule has 7 heteroatoms. The number of fused-ring (bicyclic) bond motifs is 1. The lowest BCUT2D eigenvalue weighted by atomic mass is 10.00. The highest BCUT2D eigenvalue weighted by Gasteiger charge is 2.20. The van der Waals surface area contributed by atoms with Gasteiger partial charge in [-0.2, -0.15) is 0 Å². The molecular formula is C29H31ClN4O2. The van der Waals surface area contributed by atoms with Crippen LogP contribution in [0.3, 0.4) is 0 Å². The minimum Gasteiger partial charge on any atom is -0.494 e. The van der Waals surface area contributed by atoms with Crippen LogP contribution >= 0.6 is 12.4 Å². The van der Waals surface area contributed by atoms with Crippen molar-refractivity contribution in [2.45, 2.75) is 25.8 Å². The summed E-state index contributed by atoms with van der Waals surface area (Å²) in [5, 5.41) is 14.4. The van der Waals surface area contributed by atoms with Gasteiger partial charge in [0.2, 0.25) is 0 Å². The molecule has 0 unspecified atom stereocenters. The standard InChI is InChI=1S/C29H30N4O2.ClH/c1-30-28(34)22-12-15-24-25(18-22)32-29(35)26(24)27(21-8-4-2-5-9-21)31-23-13-10-20(11-14-23)19-33-16-6-3-7-17-33;/h2,4-5,8-15,18,32,35H,3,6-7,16-17,19H2,1H3,(H,30,34);1H. The fourth-order valence-corrected chi connectivity index (χ4v) is 4.75. The van der Waals surface area contributed by atoms with Gasteiger partial charge in [-0.25, -0.2) is 4.99 Å². The van der Waals surface area contributed by atoms with Gasteiger partial charge in [-0.3, -0.25) is 9.69 Å². The maximum absolute atomic E-state index is 12.1. The molecule has 0 saturated carbocycles. The van der Waals surface area contributed by atoms with E-state index in [9.17, 15) is 9.90 Å². The molecular weight excluding hydrogens is 472 g/mol. The fourth-order valence-electron chi connectivity index (χ4n) is 4.75. The second kappa shape index (κ2) is 11.4. The molecule has 3 aromatic carbocycles. The van der Waals surface area contributed by atoms with Gasteiger partial charge in [0.25, 0.3) is 5.91 Å². The Labute approximate surface area is 217 Å². The first-order valence-electron chi connectivity index (χ1n) is 12.1. The average Bonchev–Trinajstić information content (AvgIpc) is 3.23. The molecule has 0 aliphatic carbocycles. The summed E-state index contributed by atoms with van der Waals surface area (Å²) in [7, 11) is 1.60. The third-order valence-electron chi connectivity index (χ3n) is 6.58. The number of hydrogen-bond donors (Lipinski definition) is 3. The maximum atomic E-state index is 12.1. The van der Waals surface area contributed by atoms with Crippen LogP contribution < -0.4 is 5.32 Å². The number of aromatic nitrogens is 1. The van der Waals surface area contributed by atoms with Gasteiger partial charge in [0, 0.05) is 35.6 Å². The van der Waals surface area contributed by atoms with Crippen molar-refractivity contribution < 1.29 is 9.90 Å². The highest BCUT2D eigenvalue weighted by atomic mass is 35.5. The van der Waals surface area contributed by atoms with Gasteiger partial charge in [-0.05, 0) is 55.8 Å². The lowest BCUT2D eigenvalue weighted by molar-refractivity contribution is 0.0963. The lowest BCUT2D eigenvalue weighted by Gasteiger charge is -2.26. The van der Waals surface area contributed by atoms with Crippen LogP contribution in [0.5, 0.6) is 5.88 Å². The molecule has 1 fully saturated rings. The zero-order chi connectivity index (χ0) is 24.2. The lowest BCUT2D eigenvalue weighted by Crippen LogP contribution is -2.28. The molecule has 5 rings (SSSR count). The third kappa shape index (κ3) is 5.45. The van der Waals surface area contributed by atoms with Crippen LogP contribution in [0, 0.1) is 0 Å².